The Morgan fingerprint density at radius 3 is 2.28 bits per heavy atom. The van der Waals surface area contributed by atoms with Gasteiger partial charge in [-0.05, 0) is 33.1 Å². The van der Waals surface area contributed by atoms with Crippen molar-refractivity contribution < 1.29 is 9.59 Å². The van der Waals surface area contributed by atoms with E-state index in [4.69, 9.17) is 5.73 Å². The second-order valence-electron chi connectivity index (χ2n) is 4.78. The van der Waals surface area contributed by atoms with Gasteiger partial charge >= 0.3 is 6.03 Å². The van der Waals surface area contributed by atoms with Gasteiger partial charge in [0.2, 0.25) is 0 Å². The second-order valence-corrected chi connectivity index (χ2v) is 4.78. The summed E-state index contributed by atoms with van der Waals surface area (Å²) in [7, 11) is 0. The molecule has 0 saturated carbocycles. The molecule has 0 aromatic carbocycles. The van der Waals surface area contributed by atoms with E-state index in [9.17, 15) is 14.5 Å². The number of amides is 3. The van der Waals surface area contributed by atoms with Crippen LogP contribution in [0.2, 0.25) is 0 Å². The molecule has 1 aliphatic heterocycles. The largest absolute Gasteiger partial charge is 0.350 e. The summed E-state index contributed by atoms with van der Waals surface area (Å²) >= 11 is 0. The molecular weight excluding hydrogens is 238 g/mol. The molecule has 1 rings (SSSR count). The maximum absolute atomic E-state index is 12.3. The van der Waals surface area contributed by atoms with Crippen LogP contribution in [0.5, 0.6) is 0 Å². The summed E-state index contributed by atoms with van der Waals surface area (Å²) in [5.74, 6) is -0.254. The van der Waals surface area contributed by atoms with Gasteiger partial charge in [0.1, 0.15) is 0 Å². The Balaban J connectivity index is 2.78. The van der Waals surface area contributed by atoms with Crippen molar-refractivity contribution in [1.82, 2.24) is 15.4 Å². The summed E-state index contributed by atoms with van der Waals surface area (Å²) in [5.41, 5.74) is 5.71. The summed E-state index contributed by atoms with van der Waals surface area (Å²) in [6, 6.07) is -0.936. The average Bonchev–Trinajstić information content (AvgIpc) is 2.35. The first-order valence-corrected chi connectivity index (χ1v) is 5.88. The highest BCUT2D eigenvalue weighted by molar-refractivity contribution is 5.86. The van der Waals surface area contributed by atoms with Crippen molar-refractivity contribution in [2.45, 2.75) is 38.6 Å². The van der Waals surface area contributed by atoms with Crippen LogP contribution in [0.15, 0.2) is 5.29 Å². The number of hydrazine groups is 1. The van der Waals surface area contributed by atoms with E-state index in [1.54, 1.807) is 4.90 Å². The standard InChI is InChI=1S/C10H19N5O3/c1-10(2,15(13-18)12-9(11)17)8(16)14-6-4-3-5-7-14/h3-7H2,1-2H3,(H3,11,12,17). The minimum atomic E-state index is -1.26. The number of nitrogens with zero attached hydrogens (tertiary/aromatic N) is 3. The zero-order chi connectivity index (χ0) is 13.8. The smallest absolute Gasteiger partial charge is 0.332 e. The Hall–Kier alpha value is -1.86. The van der Waals surface area contributed by atoms with Gasteiger partial charge in [-0.15, -0.1) is 4.91 Å². The molecule has 102 valence electrons. The Kier molecular flexibility index (Phi) is 4.46. The Labute approximate surface area is 105 Å². The van der Waals surface area contributed by atoms with Crippen molar-refractivity contribution in [2.75, 3.05) is 13.1 Å². The summed E-state index contributed by atoms with van der Waals surface area (Å²) in [5, 5.41) is 3.30. The fourth-order valence-electron chi connectivity index (χ4n) is 1.94. The van der Waals surface area contributed by atoms with E-state index < -0.39 is 11.6 Å². The number of nitrogens with one attached hydrogen (secondary N) is 1. The molecule has 0 aromatic heterocycles. The zero-order valence-electron chi connectivity index (χ0n) is 10.7. The lowest BCUT2D eigenvalue weighted by molar-refractivity contribution is -0.145. The molecule has 8 nitrogen and oxygen atoms in total. The van der Waals surface area contributed by atoms with Gasteiger partial charge in [-0.2, -0.15) is 5.12 Å². The van der Waals surface area contributed by atoms with Crippen LogP contribution < -0.4 is 11.2 Å². The summed E-state index contributed by atoms with van der Waals surface area (Å²) < 4.78 is 0. The third kappa shape index (κ3) is 3.08. The van der Waals surface area contributed by atoms with Crippen LogP contribution in [0.25, 0.3) is 0 Å². The van der Waals surface area contributed by atoms with Gasteiger partial charge in [0.25, 0.3) is 5.91 Å². The van der Waals surface area contributed by atoms with Gasteiger partial charge in [-0.1, -0.05) is 0 Å². The van der Waals surface area contributed by atoms with Crippen LogP contribution in [0.1, 0.15) is 33.1 Å². The van der Waals surface area contributed by atoms with E-state index in [-0.39, 0.29) is 5.91 Å². The topological polar surface area (TPSA) is 108 Å². The molecule has 0 spiro atoms. The predicted octanol–water partition coefficient (Wildman–Crippen LogP) is 0.344. The van der Waals surface area contributed by atoms with Gasteiger partial charge in [0.05, 0.1) is 5.29 Å². The number of nitrogens with two attached hydrogens (primary N) is 1. The van der Waals surface area contributed by atoms with Crippen LogP contribution in [-0.4, -0.2) is 40.6 Å². The molecule has 0 unspecified atom stereocenters. The Bertz CT molecular complexity index is 338. The van der Waals surface area contributed by atoms with Gasteiger partial charge in [-0.3, -0.25) is 4.79 Å². The summed E-state index contributed by atoms with van der Waals surface area (Å²) in [6.45, 7) is 4.35. The monoisotopic (exact) mass is 257 g/mol. The molecule has 8 heteroatoms. The SMILES string of the molecule is CC(C)(C(=O)N1CCCCC1)N(N=O)NC(N)=O. The normalized spacial score (nSPS) is 16.0. The van der Waals surface area contributed by atoms with Crippen LogP contribution in [-0.2, 0) is 4.79 Å². The van der Waals surface area contributed by atoms with Crippen molar-refractivity contribution in [3.05, 3.63) is 4.91 Å². The third-order valence-corrected chi connectivity index (χ3v) is 2.99. The maximum atomic E-state index is 12.3. The van der Waals surface area contributed by atoms with Crippen molar-refractivity contribution in [3.63, 3.8) is 0 Å². The van der Waals surface area contributed by atoms with Gasteiger partial charge in [0, 0.05) is 13.1 Å². The number of nitroso groups, excluding NO2 is 1. The highest BCUT2D eigenvalue weighted by atomic mass is 16.3. The first-order chi connectivity index (χ1) is 8.39. The third-order valence-electron chi connectivity index (χ3n) is 2.99. The number of primary amides is 1. The predicted molar refractivity (Wildman–Crippen MR) is 64.9 cm³/mol. The molecule has 0 aliphatic carbocycles. The molecule has 0 radical (unpaired) electrons. The Morgan fingerprint density at radius 1 is 1.28 bits per heavy atom. The van der Waals surface area contributed by atoms with Crippen molar-refractivity contribution in [3.8, 4) is 0 Å². The van der Waals surface area contributed by atoms with E-state index in [1.165, 1.54) is 13.8 Å². The number of rotatable bonds is 4. The first kappa shape index (κ1) is 14.2. The van der Waals surface area contributed by atoms with E-state index in [2.05, 4.69) is 5.29 Å². The molecule has 0 bridgehead atoms. The molecule has 1 saturated heterocycles. The molecule has 0 aromatic rings. The van der Waals surface area contributed by atoms with Crippen LogP contribution in [0.3, 0.4) is 0 Å². The number of piperidine rings is 1. The lowest BCUT2D eigenvalue weighted by Gasteiger charge is -2.37. The zero-order valence-corrected chi connectivity index (χ0v) is 10.7. The summed E-state index contributed by atoms with van der Waals surface area (Å²) in [6.07, 6.45) is 2.98. The van der Waals surface area contributed by atoms with Gasteiger partial charge in [0.15, 0.2) is 5.54 Å². The number of hydrogen-bond acceptors (Lipinski definition) is 4. The number of carbonyl (C=O) groups is 2. The average molecular weight is 257 g/mol. The lowest BCUT2D eigenvalue weighted by atomic mass is 10.0. The highest BCUT2D eigenvalue weighted by Crippen LogP contribution is 2.19. The molecule has 3 amide bonds. The highest BCUT2D eigenvalue weighted by Gasteiger charge is 2.40. The Morgan fingerprint density at radius 2 is 1.83 bits per heavy atom. The quantitative estimate of drug-likeness (QED) is 0.559. The molecule has 1 heterocycles. The molecule has 0 atom stereocenters. The number of carbonyl (C=O) groups excluding carboxylic acids is 2. The molecule has 18 heavy (non-hydrogen) atoms. The van der Waals surface area contributed by atoms with Crippen LogP contribution in [0, 0.1) is 4.91 Å². The van der Waals surface area contributed by atoms with Crippen LogP contribution in [0.4, 0.5) is 4.79 Å². The van der Waals surface area contributed by atoms with E-state index in [0.29, 0.717) is 18.2 Å². The van der Waals surface area contributed by atoms with Crippen molar-refractivity contribution in [1.29, 1.82) is 0 Å². The van der Waals surface area contributed by atoms with Crippen molar-refractivity contribution in [2.24, 2.45) is 11.0 Å². The first-order valence-electron chi connectivity index (χ1n) is 5.88. The lowest BCUT2D eigenvalue weighted by Crippen LogP contribution is -2.60. The van der Waals surface area contributed by atoms with E-state index in [0.717, 1.165) is 19.3 Å². The van der Waals surface area contributed by atoms with Crippen LogP contribution >= 0.6 is 0 Å². The minimum Gasteiger partial charge on any atom is -0.350 e. The second kappa shape index (κ2) is 5.65. The minimum absolute atomic E-state index is 0.254. The molecule has 1 aliphatic rings. The molecule has 3 N–H and O–H groups in total. The fraction of sp³-hybridized carbons (Fsp3) is 0.800. The summed E-state index contributed by atoms with van der Waals surface area (Å²) in [4.78, 5) is 35.4. The number of hydrogen-bond donors (Lipinski definition) is 2. The van der Waals surface area contributed by atoms with E-state index in [1.807, 2.05) is 5.43 Å². The fourth-order valence-corrected chi connectivity index (χ4v) is 1.94. The van der Waals surface area contributed by atoms with E-state index >= 15 is 0 Å². The maximum Gasteiger partial charge on any atom is 0.332 e. The molecular formula is C10H19N5O3. The number of likely N-dealkylation sites (tertiary alicyclic amines) is 1. The molecule has 1 fully saturated rings. The number of urea groups is 1. The van der Waals surface area contributed by atoms with Gasteiger partial charge in [-0.25, -0.2) is 10.2 Å². The van der Waals surface area contributed by atoms with Crippen molar-refractivity contribution >= 4 is 11.9 Å². The van der Waals surface area contributed by atoms with Gasteiger partial charge < -0.3 is 10.6 Å².